The highest BCUT2D eigenvalue weighted by Gasteiger charge is 2.42. The van der Waals surface area contributed by atoms with E-state index in [-0.39, 0.29) is 24.4 Å². The number of nitrogens with zero attached hydrogens (tertiary/aromatic N) is 2. The van der Waals surface area contributed by atoms with Crippen LogP contribution in [0.4, 0.5) is 13.2 Å². The van der Waals surface area contributed by atoms with Crippen molar-refractivity contribution < 1.29 is 22.8 Å². The minimum atomic E-state index is -4.28. The number of hydrogen-bond donors (Lipinski definition) is 1. The van der Waals surface area contributed by atoms with Crippen molar-refractivity contribution in [2.75, 3.05) is 26.2 Å². The van der Waals surface area contributed by atoms with Gasteiger partial charge in [0.1, 0.15) is 5.69 Å². The summed E-state index contributed by atoms with van der Waals surface area (Å²) in [4.78, 5) is 30.4. The summed E-state index contributed by atoms with van der Waals surface area (Å²) in [6.07, 6.45) is -0.564. The minimum Gasteiger partial charge on any atom is -0.356 e. The van der Waals surface area contributed by atoms with Gasteiger partial charge in [-0.1, -0.05) is 0 Å². The Morgan fingerprint density at radius 2 is 1.71 bits per heavy atom. The average molecular weight is 343 g/mol. The van der Waals surface area contributed by atoms with Crippen LogP contribution in [0, 0.1) is 5.92 Å². The van der Waals surface area contributed by atoms with Gasteiger partial charge < -0.3 is 14.8 Å². The average Bonchev–Trinajstić information content (AvgIpc) is 3.24. The second kappa shape index (κ2) is 6.49. The molecule has 2 saturated heterocycles. The Morgan fingerprint density at radius 3 is 2.38 bits per heavy atom. The molecule has 0 aliphatic carbocycles. The summed E-state index contributed by atoms with van der Waals surface area (Å²) in [5.74, 6) is -2.10. The molecule has 1 aromatic rings. The van der Waals surface area contributed by atoms with Crippen LogP contribution in [0.5, 0.6) is 0 Å². The smallest absolute Gasteiger partial charge is 0.356 e. The Labute approximate surface area is 137 Å². The number of rotatable bonds is 2. The predicted octanol–water partition coefficient (Wildman–Crippen LogP) is 2.67. The van der Waals surface area contributed by atoms with Crippen LogP contribution in [-0.2, 0) is 0 Å². The largest absolute Gasteiger partial charge is 0.393 e. The highest BCUT2D eigenvalue weighted by atomic mass is 19.4. The van der Waals surface area contributed by atoms with Gasteiger partial charge in [-0.3, -0.25) is 9.59 Å². The number of hydrogen-bond acceptors (Lipinski definition) is 2. The molecule has 3 rings (SSSR count). The normalized spacial score (nSPS) is 22.0. The number of likely N-dealkylation sites (tertiary alicyclic amines) is 2. The molecule has 5 nitrogen and oxygen atoms in total. The number of amides is 2. The molecule has 132 valence electrons. The van der Waals surface area contributed by atoms with Gasteiger partial charge in [-0.2, -0.15) is 13.2 Å². The second-order valence-corrected chi connectivity index (χ2v) is 6.43. The number of carbonyl (C=O) groups is 2. The number of piperidine rings is 1. The number of aromatic amines is 1. The molecule has 1 N–H and O–H groups in total. The number of H-pyrrole nitrogens is 1. The number of nitrogens with one attached hydrogen (secondary N) is 1. The molecular weight excluding hydrogens is 323 g/mol. The third-order valence-corrected chi connectivity index (χ3v) is 4.73. The molecule has 0 unspecified atom stereocenters. The van der Waals surface area contributed by atoms with Crippen LogP contribution in [-0.4, -0.2) is 59.0 Å². The van der Waals surface area contributed by atoms with Crippen LogP contribution >= 0.6 is 0 Å². The Hall–Kier alpha value is -1.99. The highest BCUT2D eigenvalue weighted by molar-refractivity contribution is 5.99. The lowest BCUT2D eigenvalue weighted by Crippen LogP contribution is -2.44. The van der Waals surface area contributed by atoms with Gasteiger partial charge >= 0.3 is 6.18 Å². The quantitative estimate of drug-likeness (QED) is 0.898. The fourth-order valence-corrected chi connectivity index (χ4v) is 3.34. The number of aromatic nitrogens is 1. The SMILES string of the molecule is O=C(c1c[nH]c(C(=O)N2CCCC2)c1)N1CCC[C@H](C(F)(F)F)C1. The molecule has 2 aliphatic rings. The Bertz CT molecular complexity index is 620. The van der Waals surface area contributed by atoms with Crippen LogP contribution in [0.1, 0.15) is 46.5 Å². The van der Waals surface area contributed by atoms with E-state index in [2.05, 4.69) is 4.98 Å². The van der Waals surface area contributed by atoms with E-state index in [9.17, 15) is 22.8 Å². The molecule has 3 heterocycles. The van der Waals surface area contributed by atoms with E-state index in [1.54, 1.807) is 4.90 Å². The van der Waals surface area contributed by atoms with Crippen LogP contribution in [0.25, 0.3) is 0 Å². The Balaban J connectivity index is 1.68. The monoisotopic (exact) mass is 343 g/mol. The van der Waals surface area contributed by atoms with Crippen molar-refractivity contribution in [3.05, 3.63) is 23.5 Å². The molecule has 2 aliphatic heterocycles. The molecule has 1 aromatic heterocycles. The Morgan fingerprint density at radius 1 is 1.04 bits per heavy atom. The maximum absolute atomic E-state index is 12.9. The van der Waals surface area contributed by atoms with Gasteiger partial charge in [0.15, 0.2) is 0 Å². The summed E-state index contributed by atoms with van der Waals surface area (Å²) in [5, 5.41) is 0. The lowest BCUT2D eigenvalue weighted by atomic mass is 9.97. The lowest BCUT2D eigenvalue weighted by Gasteiger charge is -2.33. The van der Waals surface area contributed by atoms with Crippen LogP contribution < -0.4 is 0 Å². The van der Waals surface area contributed by atoms with Gasteiger partial charge in [0.2, 0.25) is 0 Å². The van der Waals surface area contributed by atoms with Crippen molar-refractivity contribution in [1.82, 2.24) is 14.8 Å². The summed E-state index contributed by atoms with van der Waals surface area (Å²) in [6.45, 7) is 1.38. The maximum Gasteiger partial charge on any atom is 0.393 e. The zero-order chi connectivity index (χ0) is 17.3. The van der Waals surface area contributed by atoms with Crippen molar-refractivity contribution in [1.29, 1.82) is 0 Å². The van der Waals surface area contributed by atoms with Gasteiger partial charge in [-0.25, -0.2) is 0 Å². The van der Waals surface area contributed by atoms with Gasteiger partial charge in [-0.15, -0.1) is 0 Å². The van der Waals surface area contributed by atoms with E-state index in [1.165, 1.54) is 17.2 Å². The summed E-state index contributed by atoms with van der Waals surface area (Å²) in [6, 6.07) is 1.44. The molecular formula is C16H20F3N3O2. The van der Waals surface area contributed by atoms with E-state index in [0.29, 0.717) is 31.7 Å². The summed E-state index contributed by atoms with van der Waals surface area (Å²) in [7, 11) is 0. The first-order valence-electron chi connectivity index (χ1n) is 8.20. The van der Waals surface area contributed by atoms with E-state index in [1.807, 2.05) is 0 Å². The fraction of sp³-hybridized carbons (Fsp3) is 0.625. The molecule has 2 fully saturated rings. The molecule has 0 spiro atoms. The van der Waals surface area contributed by atoms with Crippen LogP contribution in [0.2, 0.25) is 0 Å². The number of carbonyl (C=O) groups excluding carboxylic acids is 2. The number of halogens is 3. The van der Waals surface area contributed by atoms with Gasteiger partial charge in [-0.05, 0) is 31.7 Å². The minimum absolute atomic E-state index is 0.0547. The Kier molecular flexibility index (Phi) is 4.56. The van der Waals surface area contributed by atoms with Crippen molar-refractivity contribution in [2.45, 2.75) is 31.9 Å². The molecule has 0 aromatic carbocycles. The molecule has 8 heteroatoms. The summed E-state index contributed by atoms with van der Waals surface area (Å²) >= 11 is 0. The third-order valence-electron chi connectivity index (χ3n) is 4.73. The molecule has 1 atom stereocenters. The zero-order valence-corrected chi connectivity index (χ0v) is 13.2. The topological polar surface area (TPSA) is 56.4 Å². The van der Waals surface area contributed by atoms with Crippen molar-refractivity contribution in [3.8, 4) is 0 Å². The van der Waals surface area contributed by atoms with E-state index in [0.717, 1.165) is 12.8 Å². The first kappa shape index (κ1) is 16.9. The molecule has 0 radical (unpaired) electrons. The molecule has 2 amide bonds. The standard InChI is InChI=1S/C16H20F3N3O2/c17-16(18,19)12-4-3-7-22(10-12)14(23)11-8-13(20-9-11)15(24)21-5-1-2-6-21/h8-9,12,20H,1-7,10H2/t12-/m0/s1. The third kappa shape index (κ3) is 3.42. The van der Waals surface area contributed by atoms with Crippen LogP contribution in [0.3, 0.4) is 0 Å². The van der Waals surface area contributed by atoms with Crippen molar-refractivity contribution in [2.24, 2.45) is 5.92 Å². The first-order valence-corrected chi connectivity index (χ1v) is 8.20. The number of alkyl halides is 3. The first-order chi connectivity index (χ1) is 11.4. The van der Waals surface area contributed by atoms with Crippen LogP contribution in [0.15, 0.2) is 12.3 Å². The van der Waals surface area contributed by atoms with Crippen molar-refractivity contribution >= 4 is 11.8 Å². The zero-order valence-electron chi connectivity index (χ0n) is 13.2. The molecule has 0 saturated carbocycles. The predicted molar refractivity (Wildman–Crippen MR) is 80.6 cm³/mol. The second-order valence-electron chi connectivity index (χ2n) is 6.43. The fourth-order valence-electron chi connectivity index (χ4n) is 3.34. The van der Waals surface area contributed by atoms with Crippen molar-refractivity contribution in [3.63, 3.8) is 0 Å². The molecule has 0 bridgehead atoms. The van der Waals surface area contributed by atoms with Gasteiger partial charge in [0, 0.05) is 32.4 Å². The summed E-state index contributed by atoms with van der Waals surface area (Å²) in [5.41, 5.74) is 0.546. The van der Waals surface area contributed by atoms with Gasteiger partial charge in [0.25, 0.3) is 11.8 Å². The van der Waals surface area contributed by atoms with E-state index >= 15 is 0 Å². The van der Waals surface area contributed by atoms with E-state index < -0.39 is 18.0 Å². The highest BCUT2D eigenvalue weighted by Crippen LogP contribution is 2.33. The summed E-state index contributed by atoms with van der Waals surface area (Å²) < 4.78 is 38.6. The van der Waals surface area contributed by atoms with E-state index in [4.69, 9.17) is 0 Å². The lowest BCUT2D eigenvalue weighted by molar-refractivity contribution is -0.184. The maximum atomic E-state index is 12.9. The molecule has 24 heavy (non-hydrogen) atoms. The van der Waals surface area contributed by atoms with Gasteiger partial charge in [0.05, 0.1) is 11.5 Å².